The molecule has 0 aliphatic carbocycles. The summed E-state index contributed by atoms with van der Waals surface area (Å²) in [5.74, 6) is 0. The van der Waals surface area contributed by atoms with Crippen molar-refractivity contribution >= 4 is 27.7 Å². The van der Waals surface area contributed by atoms with Gasteiger partial charge in [0.25, 0.3) is 0 Å². The number of rotatable bonds is 3. The molecule has 16 heavy (non-hydrogen) atoms. The van der Waals surface area contributed by atoms with Gasteiger partial charge in [-0.05, 0) is 17.7 Å². The Kier molecular flexibility index (Phi) is 4.06. The highest BCUT2D eigenvalue weighted by molar-refractivity contribution is 9.10. The maximum atomic E-state index is 10.5. The molecule has 0 aliphatic heterocycles. The highest BCUT2D eigenvalue weighted by Gasteiger charge is 2.06. The van der Waals surface area contributed by atoms with Crippen LogP contribution in [0.3, 0.4) is 0 Å². The number of hydrogen-bond acceptors (Lipinski definition) is 3. The Hall–Kier alpha value is -1.36. The van der Waals surface area contributed by atoms with Crippen LogP contribution in [0.4, 0.5) is 5.69 Å². The molecule has 0 aromatic heterocycles. The van der Waals surface area contributed by atoms with Crippen molar-refractivity contribution in [2.24, 2.45) is 0 Å². The second-order valence-corrected chi connectivity index (χ2v) is 4.50. The first-order valence-corrected chi connectivity index (χ1v) is 5.50. The zero-order valence-corrected chi connectivity index (χ0v) is 11.0. The number of nitrogens with zero attached hydrogens (tertiary/aromatic N) is 2. The van der Waals surface area contributed by atoms with Crippen LogP contribution >= 0.6 is 15.9 Å². The topological polar surface area (TPSA) is 46.4 Å². The van der Waals surface area contributed by atoms with E-state index in [0.717, 1.165) is 15.7 Å². The molecule has 5 heteroatoms. The highest BCUT2D eigenvalue weighted by Crippen LogP contribution is 2.24. The number of hydrogen-bond donors (Lipinski definition) is 0. The predicted octanol–water partition coefficient (Wildman–Crippen LogP) is 3.15. The van der Waals surface area contributed by atoms with Crippen molar-refractivity contribution in [2.75, 3.05) is 19.0 Å². The SMILES string of the molecule is CC(=Cc1ccc(N(C)C)cc1Br)[N+](=O)[O-]. The van der Waals surface area contributed by atoms with Gasteiger partial charge in [0.1, 0.15) is 0 Å². The summed E-state index contributed by atoms with van der Waals surface area (Å²) in [6.45, 7) is 1.48. The number of benzene rings is 1. The molecule has 0 bridgehead atoms. The lowest BCUT2D eigenvalue weighted by molar-refractivity contribution is -0.422. The second kappa shape index (κ2) is 5.12. The van der Waals surface area contributed by atoms with Crippen LogP contribution in [-0.2, 0) is 0 Å². The maximum absolute atomic E-state index is 10.5. The summed E-state index contributed by atoms with van der Waals surface area (Å²) in [4.78, 5) is 12.1. The molecule has 0 N–H and O–H groups in total. The smallest absolute Gasteiger partial charge is 0.243 e. The lowest BCUT2D eigenvalue weighted by Crippen LogP contribution is -2.08. The van der Waals surface area contributed by atoms with Crippen LogP contribution in [0.5, 0.6) is 0 Å². The van der Waals surface area contributed by atoms with E-state index in [1.54, 1.807) is 6.08 Å². The van der Waals surface area contributed by atoms with Crippen LogP contribution < -0.4 is 4.90 Å². The third-order valence-electron chi connectivity index (χ3n) is 2.15. The van der Waals surface area contributed by atoms with Crippen molar-refractivity contribution in [3.63, 3.8) is 0 Å². The third-order valence-corrected chi connectivity index (χ3v) is 2.84. The first-order chi connectivity index (χ1) is 7.41. The van der Waals surface area contributed by atoms with Gasteiger partial charge < -0.3 is 4.90 Å². The van der Waals surface area contributed by atoms with Gasteiger partial charge in [0.2, 0.25) is 5.70 Å². The quantitative estimate of drug-likeness (QED) is 0.633. The first-order valence-electron chi connectivity index (χ1n) is 4.71. The Labute approximate surface area is 103 Å². The Morgan fingerprint density at radius 1 is 1.50 bits per heavy atom. The number of halogens is 1. The van der Waals surface area contributed by atoms with Crippen LogP contribution in [0, 0.1) is 10.1 Å². The molecule has 0 spiro atoms. The minimum atomic E-state index is -0.397. The largest absolute Gasteiger partial charge is 0.378 e. The summed E-state index contributed by atoms with van der Waals surface area (Å²) < 4.78 is 0.847. The Balaban J connectivity index is 3.09. The lowest BCUT2D eigenvalue weighted by atomic mass is 10.2. The highest BCUT2D eigenvalue weighted by atomic mass is 79.9. The number of nitro groups is 1. The number of allylic oxidation sites excluding steroid dienone is 1. The maximum Gasteiger partial charge on any atom is 0.243 e. The normalized spacial score (nSPS) is 11.4. The van der Waals surface area contributed by atoms with Crippen LogP contribution in [0.1, 0.15) is 12.5 Å². The average molecular weight is 285 g/mol. The van der Waals surface area contributed by atoms with Crippen LogP contribution in [-0.4, -0.2) is 19.0 Å². The summed E-state index contributed by atoms with van der Waals surface area (Å²) in [5.41, 5.74) is 1.97. The molecule has 0 atom stereocenters. The summed E-state index contributed by atoms with van der Waals surface area (Å²) >= 11 is 3.40. The molecule has 1 aromatic carbocycles. The van der Waals surface area contributed by atoms with Crippen molar-refractivity contribution in [1.82, 2.24) is 0 Å². The third kappa shape index (κ3) is 3.06. The van der Waals surface area contributed by atoms with Gasteiger partial charge in [-0.15, -0.1) is 0 Å². The molecule has 4 nitrogen and oxygen atoms in total. The first kappa shape index (κ1) is 12.7. The molecule has 0 saturated heterocycles. The summed E-state index contributed by atoms with van der Waals surface area (Å²) in [6, 6.07) is 5.70. The van der Waals surface area contributed by atoms with Crippen molar-refractivity contribution in [3.8, 4) is 0 Å². The molecular formula is C11H13BrN2O2. The van der Waals surface area contributed by atoms with Gasteiger partial charge in [-0.2, -0.15) is 0 Å². The minimum Gasteiger partial charge on any atom is -0.378 e. The molecule has 0 heterocycles. The van der Waals surface area contributed by atoms with E-state index in [4.69, 9.17) is 0 Å². The van der Waals surface area contributed by atoms with E-state index in [2.05, 4.69) is 15.9 Å². The van der Waals surface area contributed by atoms with Gasteiger partial charge in [0, 0.05) is 37.3 Å². The van der Waals surface area contributed by atoms with E-state index in [1.807, 2.05) is 37.2 Å². The zero-order chi connectivity index (χ0) is 12.3. The molecule has 0 radical (unpaired) electrons. The van der Waals surface area contributed by atoms with E-state index in [0.29, 0.717) is 0 Å². The van der Waals surface area contributed by atoms with E-state index >= 15 is 0 Å². The monoisotopic (exact) mass is 284 g/mol. The molecular weight excluding hydrogens is 272 g/mol. The zero-order valence-electron chi connectivity index (χ0n) is 9.40. The Morgan fingerprint density at radius 2 is 2.12 bits per heavy atom. The molecule has 0 fully saturated rings. The van der Waals surface area contributed by atoms with E-state index in [1.165, 1.54) is 6.92 Å². The standard InChI is InChI=1S/C11H13BrN2O2/c1-8(14(15)16)6-9-4-5-10(13(2)3)7-11(9)12/h4-7H,1-3H3. The minimum absolute atomic E-state index is 0.123. The molecule has 0 unspecified atom stereocenters. The van der Waals surface area contributed by atoms with Gasteiger partial charge >= 0.3 is 0 Å². The fourth-order valence-corrected chi connectivity index (χ4v) is 1.67. The average Bonchev–Trinajstić information content (AvgIpc) is 2.20. The predicted molar refractivity (Wildman–Crippen MR) is 69.1 cm³/mol. The van der Waals surface area contributed by atoms with Gasteiger partial charge in [-0.1, -0.05) is 22.0 Å². The van der Waals surface area contributed by atoms with E-state index in [-0.39, 0.29) is 5.70 Å². The molecule has 0 saturated carbocycles. The molecule has 1 rings (SSSR count). The molecule has 86 valence electrons. The van der Waals surface area contributed by atoms with Crippen LogP contribution in [0.2, 0.25) is 0 Å². The molecule has 1 aromatic rings. The van der Waals surface area contributed by atoms with Gasteiger partial charge in [-0.3, -0.25) is 10.1 Å². The lowest BCUT2D eigenvalue weighted by Gasteiger charge is -2.13. The fourth-order valence-electron chi connectivity index (χ4n) is 1.19. The van der Waals surface area contributed by atoms with E-state index < -0.39 is 4.92 Å². The van der Waals surface area contributed by atoms with Crippen molar-refractivity contribution in [1.29, 1.82) is 0 Å². The fraction of sp³-hybridized carbons (Fsp3) is 0.273. The summed E-state index contributed by atoms with van der Waals surface area (Å²) in [7, 11) is 3.89. The molecule has 0 amide bonds. The Bertz CT molecular complexity index is 442. The van der Waals surface area contributed by atoms with Crippen molar-refractivity contribution in [3.05, 3.63) is 44.0 Å². The number of anilines is 1. The van der Waals surface area contributed by atoms with E-state index in [9.17, 15) is 10.1 Å². The van der Waals surface area contributed by atoms with Gasteiger partial charge in [-0.25, -0.2) is 0 Å². The second-order valence-electron chi connectivity index (χ2n) is 3.64. The summed E-state index contributed by atoms with van der Waals surface area (Å²) in [5, 5.41) is 10.5. The summed E-state index contributed by atoms with van der Waals surface area (Å²) in [6.07, 6.45) is 1.55. The van der Waals surface area contributed by atoms with Gasteiger partial charge in [0.15, 0.2) is 0 Å². The van der Waals surface area contributed by atoms with Crippen LogP contribution in [0.25, 0.3) is 6.08 Å². The van der Waals surface area contributed by atoms with Crippen molar-refractivity contribution < 1.29 is 4.92 Å². The van der Waals surface area contributed by atoms with Gasteiger partial charge in [0.05, 0.1) is 4.92 Å². The Morgan fingerprint density at radius 3 is 2.56 bits per heavy atom. The van der Waals surface area contributed by atoms with Crippen molar-refractivity contribution in [2.45, 2.75) is 6.92 Å². The molecule has 0 aliphatic rings. The van der Waals surface area contributed by atoms with Crippen LogP contribution in [0.15, 0.2) is 28.4 Å².